The highest BCUT2D eigenvalue weighted by Crippen LogP contribution is 2.23. The Kier molecular flexibility index (Phi) is 5.79. The van der Waals surface area contributed by atoms with Crippen LogP contribution in [0.15, 0.2) is 53.4 Å². The van der Waals surface area contributed by atoms with E-state index in [0.717, 1.165) is 26.1 Å². The third-order valence-electron chi connectivity index (χ3n) is 4.60. The molecule has 0 spiro atoms. The number of sulfonamides is 1. The second-order valence-corrected chi connectivity index (χ2v) is 8.15. The van der Waals surface area contributed by atoms with Gasteiger partial charge in [-0.15, -0.1) is 0 Å². The van der Waals surface area contributed by atoms with Gasteiger partial charge in [0.2, 0.25) is 10.0 Å². The van der Waals surface area contributed by atoms with Gasteiger partial charge >= 0.3 is 0 Å². The van der Waals surface area contributed by atoms with Crippen molar-refractivity contribution in [1.82, 2.24) is 10.2 Å². The van der Waals surface area contributed by atoms with Crippen molar-refractivity contribution in [2.75, 3.05) is 20.2 Å². The molecule has 2 aromatic rings. The smallest absolute Gasteiger partial charge is 0.255 e. The minimum atomic E-state index is -3.90. The van der Waals surface area contributed by atoms with Gasteiger partial charge in [-0.25, -0.2) is 13.6 Å². The van der Waals surface area contributed by atoms with Crippen LogP contribution in [-0.4, -0.2) is 45.5 Å². The van der Waals surface area contributed by atoms with Gasteiger partial charge in [0.25, 0.3) is 5.91 Å². The van der Waals surface area contributed by atoms with Crippen molar-refractivity contribution >= 4 is 15.9 Å². The van der Waals surface area contributed by atoms with Gasteiger partial charge in [0.05, 0.1) is 17.6 Å². The number of carbonyl (C=O) groups excluding carboxylic acids is 1. The third kappa shape index (κ3) is 4.85. The zero-order valence-corrected chi connectivity index (χ0v) is 15.9. The number of ether oxygens (including phenoxy) is 1. The fourth-order valence-electron chi connectivity index (χ4n) is 3.24. The maximum Gasteiger partial charge on any atom is 0.255 e. The van der Waals surface area contributed by atoms with Gasteiger partial charge in [0.1, 0.15) is 5.75 Å². The average molecular weight is 389 g/mol. The molecular formula is C19H23N3O4S. The second-order valence-electron chi connectivity index (χ2n) is 6.59. The number of likely N-dealkylation sites (tertiary alicyclic amines) is 1. The summed E-state index contributed by atoms with van der Waals surface area (Å²) in [6.07, 6.45) is 0.829. The summed E-state index contributed by atoms with van der Waals surface area (Å²) in [6.45, 7) is 2.45. The van der Waals surface area contributed by atoms with E-state index in [0.29, 0.717) is 5.75 Å². The molecule has 27 heavy (non-hydrogen) atoms. The van der Waals surface area contributed by atoms with E-state index in [1.165, 1.54) is 30.9 Å². The molecule has 0 aromatic heterocycles. The van der Waals surface area contributed by atoms with Crippen LogP contribution in [0, 0.1) is 0 Å². The molecule has 1 amide bonds. The molecule has 0 unspecified atom stereocenters. The minimum absolute atomic E-state index is 0.0101. The highest BCUT2D eigenvalue weighted by molar-refractivity contribution is 7.89. The van der Waals surface area contributed by atoms with Crippen molar-refractivity contribution in [1.29, 1.82) is 0 Å². The Bertz CT molecular complexity index is 916. The highest BCUT2D eigenvalue weighted by Gasteiger charge is 2.26. The average Bonchev–Trinajstić information content (AvgIpc) is 3.08. The quantitative estimate of drug-likeness (QED) is 0.776. The number of methoxy groups -OCH3 is 1. The number of nitrogens with zero attached hydrogens (tertiary/aromatic N) is 1. The highest BCUT2D eigenvalue weighted by atomic mass is 32.2. The number of carbonyl (C=O) groups is 1. The number of primary sulfonamides is 1. The molecule has 0 saturated carbocycles. The lowest BCUT2D eigenvalue weighted by molar-refractivity contribution is 0.0934. The SMILES string of the molecule is COc1ccc(S(N)(=O)=O)cc1C(=O)N[C@H]1CCN(Cc2ccccc2)C1. The number of hydrogen-bond donors (Lipinski definition) is 2. The Morgan fingerprint density at radius 3 is 2.67 bits per heavy atom. The molecular weight excluding hydrogens is 366 g/mol. The molecule has 1 aliphatic rings. The van der Waals surface area contributed by atoms with Gasteiger partial charge in [-0.1, -0.05) is 30.3 Å². The molecule has 1 fully saturated rings. The standard InChI is InChI=1S/C19H23N3O4S/c1-26-18-8-7-16(27(20,24)25)11-17(18)19(23)21-15-9-10-22(13-15)12-14-5-3-2-4-6-14/h2-8,11,15H,9-10,12-13H2,1H3,(H,21,23)(H2,20,24,25)/t15-/m0/s1. The predicted molar refractivity (Wildman–Crippen MR) is 102 cm³/mol. The van der Waals surface area contributed by atoms with E-state index < -0.39 is 10.0 Å². The Morgan fingerprint density at radius 2 is 2.00 bits per heavy atom. The Morgan fingerprint density at radius 1 is 1.26 bits per heavy atom. The van der Waals surface area contributed by atoms with Crippen LogP contribution >= 0.6 is 0 Å². The Balaban J connectivity index is 1.67. The van der Waals surface area contributed by atoms with Crippen LogP contribution in [-0.2, 0) is 16.6 Å². The fraction of sp³-hybridized carbons (Fsp3) is 0.316. The summed E-state index contributed by atoms with van der Waals surface area (Å²) < 4.78 is 28.3. The molecule has 3 N–H and O–H groups in total. The summed E-state index contributed by atoms with van der Waals surface area (Å²) in [4.78, 5) is 14.8. The van der Waals surface area contributed by atoms with E-state index in [1.807, 2.05) is 18.2 Å². The maximum absolute atomic E-state index is 12.7. The number of amides is 1. The van der Waals surface area contributed by atoms with E-state index >= 15 is 0 Å². The van der Waals surface area contributed by atoms with E-state index in [2.05, 4.69) is 22.3 Å². The number of nitrogens with one attached hydrogen (secondary N) is 1. The molecule has 8 heteroatoms. The van der Waals surface area contributed by atoms with Crippen molar-refractivity contribution < 1.29 is 17.9 Å². The lowest BCUT2D eigenvalue weighted by Gasteiger charge is -2.17. The Hall–Kier alpha value is -2.42. The van der Waals surface area contributed by atoms with Crippen LogP contribution in [0.3, 0.4) is 0 Å². The molecule has 0 aliphatic carbocycles. The van der Waals surface area contributed by atoms with Gasteiger partial charge in [0.15, 0.2) is 0 Å². The largest absolute Gasteiger partial charge is 0.496 e. The third-order valence-corrected chi connectivity index (χ3v) is 5.51. The van der Waals surface area contributed by atoms with E-state index in [1.54, 1.807) is 0 Å². The van der Waals surface area contributed by atoms with Crippen LogP contribution < -0.4 is 15.2 Å². The summed E-state index contributed by atoms with van der Waals surface area (Å²) in [5, 5.41) is 8.13. The molecule has 144 valence electrons. The Labute approximate surface area is 159 Å². The lowest BCUT2D eigenvalue weighted by atomic mass is 10.1. The number of benzene rings is 2. The van der Waals surface area contributed by atoms with Crippen molar-refractivity contribution in [2.24, 2.45) is 5.14 Å². The minimum Gasteiger partial charge on any atom is -0.496 e. The normalized spacial score (nSPS) is 17.6. The van der Waals surface area contributed by atoms with Crippen LogP contribution in [0.2, 0.25) is 0 Å². The van der Waals surface area contributed by atoms with Crippen LogP contribution in [0.5, 0.6) is 5.75 Å². The molecule has 0 bridgehead atoms. The van der Waals surface area contributed by atoms with Crippen molar-refractivity contribution in [3.63, 3.8) is 0 Å². The molecule has 7 nitrogen and oxygen atoms in total. The summed E-state index contributed by atoms with van der Waals surface area (Å²) >= 11 is 0. The van der Waals surface area contributed by atoms with Crippen molar-refractivity contribution in [3.05, 3.63) is 59.7 Å². The number of hydrogen-bond acceptors (Lipinski definition) is 5. The molecule has 3 rings (SSSR count). The topological polar surface area (TPSA) is 102 Å². The zero-order valence-electron chi connectivity index (χ0n) is 15.1. The second kappa shape index (κ2) is 8.08. The molecule has 1 aliphatic heterocycles. The zero-order chi connectivity index (χ0) is 19.4. The van der Waals surface area contributed by atoms with Crippen LogP contribution in [0.1, 0.15) is 22.3 Å². The summed E-state index contributed by atoms with van der Waals surface area (Å²) in [5.74, 6) is -0.0667. The first-order chi connectivity index (χ1) is 12.9. The monoisotopic (exact) mass is 389 g/mol. The summed E-state index contributed by atoms with van der Waals surface area (Å²) in [5.41, 5.74) is 1.39. The maximum atomic E-state index is 12.7. The predicted octanol–water partition coefficient (Wildman–Crippen LogP) is 1.35. The molecule has 2 aromatic carbocycles. The molecule has 1 heterocycles. The first kappa shape index (κ1) is 19.3. The number of nitrogens with two attached hydrogens (primary N) is 1. The first-order valence-electron chi connectivity index (χ1n) is 8.65. The van der Waals surface area contributed by atoms with Crippen molar-refractivity contribution in [3.8, 4) is 5.75 Å². The van der Waals surface area contributed by atoms with Gasteiger partial charge in [-0.05, 0) is 30.2 Å². The lowest BCUT2D eigenvalue weighted by Crippen LogP contribution is -2.37. The van der Waals surface area contributed by atoms with E-state index in [4.69, 9.17) is 9.88 Å². The number of rotatable bonds is 6. The molecule has 1 atom stereocenters. The summed E-state index contributed by atoms with van der Waals surface area (Å²) in [7, 11) is -2.47. The van der Waals surface area contributed by atoms with E-state index in [9.17, 15) is 13.2 Å². The fourth-order valence-corrected chi connectivity index (χ4v) is 3.78. The van der Waals surface area contributed by atoms with Gasteiger partial charge in [-0.2, -0.15) is 0 Å². The van der Waals surface area contributed by atoms with Gasteiger partial charge in [-0.3, -0.25) is 9.69 Å². The van der Waals surface area contributed by atoms with Crippen LogP contribution in [0.25, 0.3) is 0 Å². The summed E-state index contributed by atoms with van der Waals surface area (Å²) in [6, 6.07) is 14.2. The van der Waals surface area contributed by atoms with E-state index in [-0.39, 0.29) is 22.4 Å². The van der Waals surface area contributed by atoms with Gasteiger partial charge < -0.3 is 10.1 Å². The first-order valence-corrected chi connectivity index (χ1v) is 10.2. The molecule has 1 saturated heterocycles. The van der Waals surface area contributed by atoms with Crippen LogP contribution in [0.4, 0.5) is 0 Å². The van der Waals surface area contributed by atoms with Gasteiger partial charge in [0, 0.05) is 25.7 Å². The van der Waals surface area contributed by atoms with Crippen molar-refractivity contribution in [2.45, 2.75) is 23.9 Å². The molecule has 0 radical (unpaired) electrons.